The molecule has 40 heavy (non-hydrogen) atoms. The number of rotatable bonds is 8. The Labute approximate surface area is 239 Å². The number of hydrogen-bond acceptors (Lipinski definition) is 4. The van der Waals surface area contributed by atoms with Gasteiger partial charge >= 0.3 is 11.9 Å². The van der Waals surface area contributed by atoms with Crippen LogP contribution in [-0.2, 0) is 15.0 Å². The fourth-order valence-corrected chi connectivity index (χ4v) is 7.54. The van der Waals surface area contributed by atoms with Gasteiger partial charge in [-0.25, -0.2) is 9.59 Å². The monoisotopic (exact) mass is 540 g/mol. The Balaban J connectivity index is 1.61. The Morgan fingerprint density at radius 2 is 1.02 bits per heavy atom. The lowest BCUT2D eigenvalue weighted by Gasteiger charge is -2.40. The van der Waals surface area contributed by atoms with Crippen LogP contribution in [0.2, 0.25) is 0 Å². The van der Waals surface area contributed by atoms with E-state index in [2.05, 4.69) is 37.4 Å². The van der Waals surface area contributed by atoms with Crippen LogP contribution in [0.3, 0.4) is 0 Å². The molecule has 2 aromatic carbocycles. The van der Waals surface area contributed by atoms with Crippen LogP contribution in [0.25, 0.3) is 0 Å². The van der Waals surface area contributed by atoms with Crippen LogP contribution in [0.15, 0.2) is 61.7 Å². The second-order valence-corrected chi connectivity index (χ2v) is 12.1. The van der Waals surface area contributed by atoms with Crippen LogP contribution in [0, 0.1) is 0 Å². The SMILES string of the molecule is C=CC(=O)Oc1ccc(C2(c3ccc(OC(=O)C=C)c(C4CCCCC4)c3)CCCCC2)cc1C1CCCCC1. The van der Waals surface area contributed by atoms with Crippen molar-refractivity contribution in [3.63, 3.8) is 0 Å². The molecule has 0 aliphatic heterocycles. The van der Waals surface area contributed by atoms with Crippen LogP contribution < -0.4 is 9.47 Å². The fraction of sp³-hybridized carbons (Fsp3) is 0.500. The van der Waals surface area contributed by atoms with Crippen LogP contribution in [-0.4, -0.2) is 11.9 Å². The minimum Gasteiger partial charge on any atom is -0.423 e. The number of ether oxygens (including phenoxy) is 2. The van der Waals surface area contributed by atoms with E-state index in [0.717, 1.165) is 38.5 Å². The molecule has 0 heterocycles. The summed E-state index contributed by atoms with van der Waals surface area (Å²) in [7, 11) is 0. The third-order valence-electron chi connectivity index (χ3n) is 9.68. The van der Waals surface area contributed by atoms with Gasteiger partial charge in [-0.05, 0) is 84.7 Å². The van der Waals surface area contributed by atoms with E-state index < -0.39 is 11.9 Å². The molecule has 0 unspecified atom stereocenters. The van der Waals surface area contributed by atoms with Crippen LogP contribution in [0.5, 0.6) is 11.5 Å². The van der Waals surface area contributed by atoms with E-state index >= 15 is 0 Å². The van der Waals surface area contributed by atoms with Gasteiger partial charge in [-0.15, -0.1) is 0 Å². The van der Waals surface area contributed by atoms with E-state index in [9.17, 15) is 9.59 Å². The summed E-state index contributed by atoms with van der Waals surface area (Å²) < 4.78 is 11.6. The van der Waals surface area contributed by atoms with E-state index in [1.54, 1.807) is 0 Å². The van der Waals surface area contributed by atoms with Crippen LogP contribution >= 0.6 is 0 Å². The molecule has 2 aromatic rings. The van der Waals surface area contributed by atoms with Crippen molar-refractivity contribution in [3.05, 3.63) is 84.0 Å². The molecular weight excluding hydrogens is 496 g/mol. The Morgan fingerprint density at radius 1 is 0.625 bits per heavy atom. The molecule has 0 spiro atoms. The molecular formula is C36H44O4. The van der Waals surface area contributed by atoms with Gasteiger partial charge in [-0.3, -0.25) is 0 Å². The zero-order valence-electron chi connectivity index (χ0n) is 23.9. The maximum Gasteiger partial charge on any atom is 0.335 e. The van der Waals surface area contributed by atoms with Crippen molar-refractivity contribution >= 4 is 11.9 Å². The van der Waals surface area contributed by atoms with E-state index in [0.29, 0.717) is 23.3 Å². The second kappa shape index (κ2) is 13.0. The first kappa shape index (κ1) is 28.4. The normalized spacial score (nSPS) is 19.9. The fourth-order valence-electron chi connectivity index (χ4n) is 7.54. The Hall–Kier alpha value is -3.14. The predicted molar refractivity (Wildman–Crippen MR) is 160 cm³/mol. The summed E-state index contributed by atoms with van der Waals surface area (Å²) in [5.74, 6) is 1.36. The average molecular weight is 541 g/mol. The molecule has 3 saturated carbocycles. The zero-order chi connectivity index (χ0) is 28.0. The van der Waals surface area contributed by atoms with E-state index in [1.165, 1.54) is 92.2 Å². The summed E-state index contributed by atoms with van der Waals surface area (Å²) in [6, 6.07) is 13.2. The topological polar surface area (TPSA) is 52.6 Å². The molecule has 3 aliphatic rings. The molecule has 0 radical (unpaired) electrons. The van der Waals surface area contributed by atoms with Crippen molar-refractivity contribution in [2.45, 2.75) is 114 Å². The molecule has 4 heteroatoms. The number of carbonyl (C=O) groups is 2. The lowest BCUT2D eigenvalue weighted by molar-refractivity contribution is -0.129. The van der Waals surface area contributed by atoms with E-state index in [4.69, 9.17) is 9.47 Å². The first-order chi connectivity index (χ1) is 19.5. The smallest absolute Gasteiger partial charge is 0.335 e. The summed E-state index contributed by atoms with van der Waals surface area (Å²) in [4.78, 5) is 24.4. The van der Waals surface area contributed by atoms with Gasteiger partial charge in [0.2, 0.25) is 0 Å². The summed E-state index contributed by atoms with van der Waals surface area (Å²) in [5.41, 5.74) is 4.85. The number of carbonyl (C=O) groups excluding carboxylic acids is 2. The van der Waals surface area contributed by atoms with Crippen LogP contribution in [0.4, 0.5) is 0 Å². The molecule has 212 valence electrons. The van der Waals surface area contributed by atoms with Gasteiger partial charge in [0, 0.05) is 17.6 Å². The minimum atomic E-state index is -0.404. The third kappa shape index (κ3) is 6.11. The van der Waals surface area contributed by atoms with Crippen molar-refractivity contribution in [3.8, 4) is 11.5 Å². The largest absolute Gasteiger partial charge is 0.423 e. The summed E-state index contributed by atoms with van der Waals surface area (Å²) in [6.07, 6.45) is 20.2. The highest BCUT2D eigenvalue weighted by Gasteiger charge is 2.38. The highest BCUT2D eigenvalue weighted by molar-refractivity contribution is 5.84. The lowest BCUT2D eigenvalue weighted by atomic mass is 9.64. The van der Waals surface area contributed by atoms with Crippen molar-refractivity contribution < 1.29 is 19.1 Å². The molecule has 5 rings (SSSR count). The summed E-state index contributed by atoms with van der Waals surface area (Å²) >= 11 is 0. The highest BCUT2D eigenvalue weighted by atomic mass is 16.5. The van der Waals surface area contributed by atoms with Crippen molar-refractivity contribution in [1.82, 2.24) is 0 Å². The second-order valence-electron chi connectivity index (χ2n) is 12.1. The number of esters is 2. The number of benzene rings is 2. The van der Waals surface area contributed by atoms with Gasteiger partial charge in [-0.2, -0.15) is 0 Å². The van der Waals surface area contributed by atoms with Gasteiger partial charge in [0.15, 0.2) is 0 Å². The molecule has 3 aliphatic carbocycles. The molecule has 0 saturated heterocycles. The molecule has 0 atom stereocenters. The standard InChI is InChI=1S/C36H44O4/c1-3-34(37)39-32-20-18-28(24-30(32)26-14-8-5-9-15-26)36(22-12-7-13-23-36)29-19-21-33(40-35(38)4-2)31(25-29)27-16-10-6-11-17-27/h3-4,18-21,24-27H,1-2,5-17,22-23H2. The zero-order valence-corrected chi connectivity index (χ0v) is 23.9. The molecule has 0 aromatic heterocycles. The predicted octanol–water partition coefficient (Wildman–Crippen LogP) is 9.21. The van der Waals surface area contributed by atoms with Gasteiger partial charge in [0.05, 0.1) is 0 Å². The Kier molecular flexibility index (Phi) is 9.24. The van der Waals surface area contributed by atoms with Gasteiger partial charge in [0.25, 0.3) is 0 Å². The van der Waals surface area contributed by atoms with Gasteiger partial charge in [-0.1, -0.05) is 95.2 Å². The molecule has 0 amide bonds. The molecule has 4 nitrogen and oxygen atoms in total. The van der Waals surface area contributed by atoms with Crippen LogP contribution in [0.1, 0.15) is 130 Å². The number of hydrogen-bond donors (Lipinski definition) is 0. The third-order valence-corrected chi connectivity index (χ3v) is 9.68. The Bertz CT molecular complexity index is 1130. The Morgan fingerprint density at radius 3 is 1.43 bits per heavy atom. The molecule has 0 N–H and O–H groups in total. The van der Waals surface area contributed by atoms with E-state index in [1.807, 2.05) is 12.1 Å². The van der Waals surface area contributed by atoms with E-state index in [-0.39, 0.29) is 5.41 Å². The maximum absolute atomic E-state index is 12.2. The minimum absolute atomic E-state index is 0.118. The quantitative estimate of drug-likeness (QED) is 0.190. The van der Waals surface area contributed by atoms with Gasteiger partial charge in [0.1, 0.15) is 11.5 Å². The molecule has 0 bridgehead atoms. The van der Waals surface area contributed by atoms with Crippen molar-refractivity contribution in [2.75, 3.05) is 0 Å². The summed E-state index contributed by atoms with van der Waals surface area (Å²) in [5, 5.41) is 0. The van der Waals surface area contributed by atoms with Gasteiger partial charge < -0.3 is 9.47 Å². The first-order valence-electron chi connectivity index (χ1n) is 15.5. The summed E-state index contributed by atoms with van der Waals surface area (Å²) in [6.45, 7) is 7.21. The lowest BCUT2D eigenvalue weighted by Crippen LogP contribution is -2.31. The molecule has 3 fully saturated rings. The van der Waals surface area contributed by atoms with Crippen molar-refractivity contribution in [2.24, 2.45) is 0 Å². The average Bonchev–Trinajstić information content (AvgIpc) is 3.02. The van der Waals surface area contributed by atoms with Crippen molar-refractivity contribution in [1.29, 1.82) is 0 Å². The maximum atomic E-state index is 12.2. The first-order valence-corrected chi connectivity index (χ1v) is 15.5. The highest BCUT2D eigenvalue weighted by Crippen LogP contribution is 2.49.